The van der Waals surface area contributed by atoms with E-state index in [0.717, 1.165) is 11.1 Å². The van der Waals surface area contributed by atoms with Crippen molar-refractivity contribution in [3.05, 3.63) is 35.5 Å². The molecule has 0 saturated heterocycles. The molecule has 18 heavy (non-hydrogen) atoms. The summed E-state index contributed by atoms with van der Waals surface area (Å²) in [7, 11) is 1.36. The highest BCUT2D eigenvalue weighted by molar-refractivity contribution is 5.91. The molecule has 0 aromatic rings. The van der Waals surface area contributed by atoms with E-state index in [4.69, 9.17) is 0 Å². The Bertz CT molecular complexity index is 427. The summed E-state index contributed by atoms with van der Waals surface area (Å²) in [6.45, 7) is 5.90. The quantitative estimate of drug-likeness (QED) is 0.438. The molecular formula is C15H20O3. The van der Waals surface area contributed by atoms with Crippen molar-refractivity contribution in [1.29, 1.82) is 0 Å². The largest absolute Gasteiger partial charge is 0.466 e. The number of carbonyl (C=O) groups excluding carboxylic acids is 2. The zero-order chi connectivity index (χ0) is 13.7. The van der Waals surface area contributed by atoms with Crippen molar-refractivity contribution >= 4 is 11.8 Å². The lowest BCUT2D eigenvalue weighted by molar-refractivity contribution is -0.134. The molecule has 1 rings (SSSR count). The highest BCUT2D eigenvalue weighted by Crippen LogP contribution is 2.29. The summed E-state index contributed by atoms with van der Waals surface area (Å²) in [6, 6.07) is 0. The molecule has 3 heteroatoms. The highest BCUT2D eigenvalue weighted by Gasteiger charge is 2.23. The molecule has 0 N–H and O–H groups in total. The molecule has 0 saturated carbocycles. The van der Waals surface area contributed by atoms with E-state index in [1.54, 1.807) is 6.08 Å². The first kappa shape index (κ1) is 14.4. The fraction of sp³-hybridized carbons (Fsp3) is 0.467. The predicted molar refractivity (Wildman–Crippen MR) is 70.9 cm³/mol. The van der Waals surface area contributed by atoms with Gasteiger partial charge in [0.05, 0.1) is 7.11 Å². The summed E-state index contributed by atoms with van der Waals surface area (Å²) in [5.41, 5.74) is 1.93. The van der Waals surface area contributed by atoms with Crippen LogP contribution in [0.1, 0.15) is 27.2 Å². The van der Waals surface area contributed by atoms with Crippen LogP contribution in [0.4, 0.5) is 0 Å². The average molecular weight is 248 g/mol. The van der Waals surface area contributed by atoms with Gasteiger partial charge in [-0.25, -0.2) is 4.79 Å². The molecule has 3 nitrogen and oxygen atoms in total. The second kappa shape index (κ2) is 6.34. The van der Waals surface area contributed by atoms with E-state index >= 15 is 0 Å². The van der Waals surface area contributed by atoms with E-state index in [1.807, 2.05) is 19.9 Å². The van der Waals surface area contributed by atoms with Crippen LogP contribution in [0.3, 0.4) is 0 Å². The first-order valence-corrected chi connectivity index (χ1v) is 6.09. The maximum Gasteiger partial charge on any atom is 0.330 e. The molecule has 0 radical (unpaired) electrons. The molecule has 1 aliphatic carbocycles. The van der Waals surface area contributed by atoms with Gasteiger partial charge in [0.1, 0.15) is 0 Å². The molecule has 0 heterocycles. The van der Waals surface area contributed by atoms with Gasteiger partial charge in [-0.1, -0.05) is 24.6 Å². The predicted octanol–water partition coefficient (Wildman–Crippen LogP) is 2.83. The van der Waals surface area contributed by atoms with Crippen molar-refractivity contribution in [2.24, 2.45) is 11.8 Å². The molecule has 0 aliphatic heterocycles. The van der Waals surface area contributed by atoms with Crippen molar-refractivity contribution in [3.8, 4) is 0 Å². The third-order valence-electron chi connectivity index (χ3n) is 3.16. The van der Waals surface area contributed by atoms with E-state index in [9.17, 15) is 9.59 Å². The average Bonchev–Trinajstić information content (AvgIpc) is 2.27. The van der Waals surface area contributed by atoms with Gasteiger partial charge in [-0.2, -0.15) is 0 Å². The smallest absolute Gasteiger partial charge is 0.330 e. The van der Waals surface area contributed by atoms with Crippen LogP contribution >= 0.6 is 0 Å². The van der Waals surface area contributed by atoms with E-state index in [1.165, 1.54) is 13.2 Å². The number of methoxy groups -OCH3 is 1. The number of allylic oxidation sites excluding steroid dienone is 5. The third-order valence-corrected chi connectivity index (χ3v) is 3.16. The molecule has 0 bridgehead atoms. The second-order valence-corrected chi connectivity index (χ2v) is 4.83. The van der Waals surface area contributed by atoms with Crippen LogP contribution in [0, 0.1) is 11.8 Å². The summed E-state index contributed by atoms with van der Waals surface area (Å²) in [4.78, 5) is 22.4. The summed E-state index contributed by atoms with van der Waals surface area (Å²) < 4.78 is 4.56. The van der Waals surface area contributed by atoms with Gasteiger partial charge in [0.2, 0.25) is 0 Å². The molecule has 0 aromatic carbocycles. The summed E-state index contributed by atoms with van der Waals surface area (Å²) >= 11 is 0. The first-order chi connectivity index (χ1) is 8.43. The number of rotatable bonds is 3. The van der Waals surface area contributed by atoms with Crippen molar-refractivity contribution in [2.45, 2.75) is 27.2 Å². The van der Waals surface area contributed by atoms with E-state index < -0.39 is 0 Å². The maximum atomic E-state index is 11.4. The fourth-order valence-electron chi connectivity index (χ4n) is 2.19. The number of ketones is 1. The molecule has 1 aliphatic rings. The molecule has 0 aromatic heterocycles. The Hall–Kier alpha value is -1.64. The Morgan fingerprint density at radius 1 is 1.50 bits per heavy atom. The zero-order valence-corrected chi connectivity index (χ0v) is 11.4. The Morgan fingerprint density at radius 3 is 2.72 bits per heavy atom. The van der Waals surface area contributed by atoms with Crippen LogP contribution in [0.2, 0.25) is 0 Å². The van der Waals surface area contributed by atoms with Crippen LogP contribution in [0.25, 0.3) is 0 Å². The molecule has 2 unspecified atom stereocenters. The summed E-state index contributed by atoms with van der Waals surface area (Å²) in [5.74, 6) is 0.427. The molecule has 0 fully saturated rings. The molecule has 98 valence electrons. The lowest BCUT2D eigenvalue weighted by atomic mass is 9.79. The van der Waals surface area contributed by atoms with E-state index in [2.05, 4.69) is 17.7 Å². The van der Waals surface area contributed by atoms with Crippen LogP contribution in [-0.4, -0.2) is 18.9 Å². The van der Waals surface area contributed by atoms with Gasteiger partial charge in [-0.3, -0.25) is 4.79 Å². The molecular weight excluding hydrogens is 228 g/mol. The van der Waals surface area contributed by atoms with Gasteiger partial charge in [0.25, 0.3) is 0 Å². The second-order valence-electron chi connectivity index (χ2n) is 4.83. The zero-order valence-electron chi connectivity index (χ0n) is 11.4. The lowest BCUT2D eigenvalue weighted by Crippen LogP contribution is -2.20. The van der Waals surface area contributed by atoms with Gasteiger partial charge in [0.15, 0.2) is 5.78 Å². The fourth-order valence-corrected chi connectivity index (χ4v) is 2.19. The van der Waals surface area contributed by atoms with Gasteiger partial charge in [-0.05, 0) is 31.4 Å². The monoisotopic (exact) mass is 248 g/mol. The Kier molecular flexibility index (Phi) is 5.08. The van der Waals surface area contributed by atoms with Crippen molar-refractivity contribution in [2.75, 3.05) is 7.11 Å². The summed E-state index contributed by atoms with van der Waals surface area (Å²) in [5, 5.41) is 0. The summed E-state index contributed by atoms with van der Waals surface area (Å²) in [6.07, 6.45) is 7.72. The maximum absolute atomic E-state index is 11.4. The number of hydrogen-bond donors (Lipinski definition) is 0. The van der Waals surface area contributed by atoms with E-state index in [-0.39, 0.29) is 17.7 Å². The standard InChI is InChI=1S/C15H20O3/c1-10(7-15(17)18-4)5-6-14-11(2)8-13(16)9-12(14)3/h5-8,12,14H,9H2,1-4H3/b6-5+,10-7+. The Balaban J connectivity index is 2.78. The third kappa shape index (κ3) is 3.99. The molecule has 2 atom stereocenters. The minimum atomic E-state index is -0.351. The van der Waals surface area contributed by atoms with Crippen LogP contribution in [0.15, 0.2) is 35.5 Å². The van der Waals surface area contributed by atoms with Gasteiger partial charge >= 0.3 is 5.97 Å². The Morgan fingerprint density at radius 2 is 2.17 bits per heavy atom. The number of carbonyl (C=O) groups is 2. The van der Waals surface area contributed by atoms with Gasteiger partial charge < -0.3 is 4.74 Å². The van der Waals surface area contributed by atoms with Crippen molar-refractivity contribution in [3.63, 3.8) is 0 Å². The minimum absolute atomic E-state index is 0.200. The number of esters is 1. The molecule has 0 spiro atoms. The van der Waals surface area contributed by atoms with Crippen molar-refractivity contribution < 1.29 is 14.3 Å². The van der Waals surface area contributed by atoms with Crippen LogP contribution in [0.5, 0.6) is 0 Å². The number of ether oxygens (including phenoxy) is 1. The van der Waals surface area contributed by atoms with Crippen LogP contribution < -0.4 is 0 Å². The first-order valence-electron chi connectivity index (χ1n) is 6.09. The lowest BCUT2D eigenvalue weighted by Gasteiger charge is -2.25. The minimum Gasteiger partial charge on any atom is -0.466 e. The normalized spacial score (nSPS) is 25.2. The Labute approximate surface area is 108 Å². The van der Waals surface area contributed by atoms with E-state index in [0.29, 0.717) is 12.3 Å². The highest BCUT2D eigenvalue weighted by atomic mass is 16.5. The topological polar surface area (TPSA) is 43.4 Å². The SMILES string of the molecule is COC(=O)/C=C(C)/C=C/C1C(C)=CC(=O)CC1C. The van der Waals surface area contributed by atoms with Gasteiger partial charge in [0, 0.05) is 18.4 Å². The molecule has 0 amide bonds. The number of hydrogen-bond acceptors (Lipinski definition) is 3. The van der Waals surface area contributed by atoms with Crippen LogP contribution in [-0.2, 0) is 14.3 Å². The van der Waals surface area contributed by atoms with Crippen molar-refractivity contribution in [1.82, 2.24) is 0 Å². The van der Waals surface area contributed by atoms with Gasteiger partial charge in [-0.15, -0.1) is 0 Å².